The number of carbonyl (C=O) groups is 1. The molecule has 0 radical (unpaired) electrons. The molecule has 1 aliphatic heterocycles. The Hall–Kier alpha value is -0.570. The van der Waals surface area contributed by atoms with Gasteiger partial charge in [0.25, 0.3) is 0 Å². The third-order valence-corrected chi connectivity index (χ3v) is 3.56. The van der Waals surface area contributed by atoms with Gasteiger partial charge in [0.05, 0.1) is 13.5 Å². The van der Waals surface area contributed by atoms with Crippen molar-refractivity contribution in [2.75, 3.05) is 26.7 Å². The van der Waals surface area contributed by atoms with Crippen LogP contribution in [0.2, 0.25) is 0 Å². The Morgan fingerprint density at radius 2 is 1.41 bits per heavy atom. The Balaban J connectivity index is 2.24. The summed E-state index contributed by atoms with van der Waals surface area (Å²) in [5, 5.41) is 0. The maximum Gasteiger partial charge on any atom is 0.306 e. The average molecular weight is 241 g/mol. The molecule has 0 aliphatic carbocycles. The highest BCUT2D eigenvalue weighted by Crippen LogP contribution is 2.12. The van der Waals surface area contributed by atoms with E-state index in [0.717, 1.165) is 19.6 Å². The summed E-state index contributed by atoms with van der Waals surface area (Å²) < 4.78 is 4.70. The lowest BCUT2D eigenvalue weighted by atomic mass is 10.1. The van der Waals surface area contributed by atoms with Crippen LogP contribution in [0.1, 0.15) is 57.8 Å². The Bertz CT molecular complexity index is 194. The van der Waals surface area contributed by atoms with Crippen molar-refractivity contribution in [3.8, 4) is 0 Å². The molecule has 1 rings (SSSR count). The number of hydrogen-bond acceptors (Lipinski definition) is 3. The van der Waals surface area contributed by atoms with Crippen molar-refractivity contribution in [2.24, 2.45) is 0 Å². The minimum absolute atomic E-state index is 0.0840. The fraction of sp³-hybridized carbons (Fsp3) is 0.929. The lowest BCUT2D eigenvalue weighted by Gasteiger charge is -2.21. The van der Waals surface area contributed by atoms with Gasteiger partial charge in [-0.15, -0.1) is 0 Å². The number of hydrogen-bond donors (Lipinski definition) is 0. The van der Waals surface area contributed by atoms with Gasteiger partial charge in [0.2, 0.25) is 0 Å². The summed E-state index contributed by atoms with van der Waals surface area (Å²) in [5.41, 5.74) is 0. The molecule has 0 N–H and O–H groups in total. The molecule has 0 aromatic rings. The van der Waals surface area contributed by atoms with Gasteiger partial charge < -0.3 is 9.64 Å². The van der Waals surface area contributed by atoms with Crippen molar-refractivity contribution in [1.29, 1.82) is 0 Å². The molecule has 0 atom stereocenters. The second-order valence-corrected chi connectivity index (χ2v) is 5.00. The molecule has 17 heavy (non-hydrogen) atoms. The van der Waals surface area contributed by atoms with Gasteiger partial charge in [0, 0.05) is 6.54 Å². The normalized spacial score (nSPS) is 20.5. The molecule has 1 heterocycles. The van der Waals surface area contributed by atoms with Gasteiger partial charge in [0.15, 0.2) is 0 Å². The maximum absolute atomic E-state index is 11.1. The van der Waals surface area contributed by atoms with Crippen LogP contribution in [0.5, 0.6) is 0 Å². The summed E-state index contributed by atoms with van der Waals surface area (Å²) in [6.07, 6.45) is 11.3. The van der Waals surface area contributed by atoms with Gasteiger partial charge in [-0.25, -0.2) is 0 Å². The summed E-state index contributed by atoms with van der Waals surface area (Å²) >= 11 is 0. The number of esters is 1. The highest BCUT2D eigenvalue weighted by atomic mass is 16.5. The van der Waals surface area contributed by atoms with Crippen LogP contribution in [0.25, 0.3) is 0 Å². The van der Waals surface area contributed by atoms with Crippen LogP contribution in [0, 0.1) is 0 Å². The first-order valence-electron chi connectivity index (χ1n) is 7.12. The molecule has 0 aromatic heterocycles. The first-order chi connectivity index (χ1) is 8.33. The van der Waals surface area contributed by atoms with Crippen molar-refractivity contribution in [1.82, 2.24) is 4.90 Å². The first kappa shape index (κ1) is 14.5. The summed E-state index contributed by atoms with van der Waals surface area (Å²) in [5.74, 6) is -0.0840. The van der Waals surface area contributed by atoms with Gasteiger partial charge in [0.1, 0.15) is 0 Å². The zero-order valence-electron chi connectivity index (χ0n) is 11.2. The average Bonchev–Trinajstić information content (AvgIpc) is 2.41. The highest BCUT2D eigenvalue weighted by molar-refractivity contribution is 5.69. The van der Waals surface area contributed by atoms with E-state index in [1.165, 1.54) is 58.5 Å². The monoisotopic (exact) mass is 241 g/mol. The third-order valence-electron chi connectivity index (χ3n) is 3.56. The second-order valence-electron chi connectivity index (χ2n) is 5.00. The molecule has 0 bridgehead atoms. The van der Waals surface area contributed by atoms with Crippen molar-refractivity contribution in [3.63, 3.8) is 0 Å². The van der Waals surface area contributed by atoms with E-state index < -0.39 is 0 Å². The molecule has 1 aliphatic rings. The summed E-state index contributed by atoms with van der Waals surface area (Å²) in [6, 6.07) is 0. The molecule has 0 saturated carbocycles. The minimum atomic E-state index is -0.0840. The number of methoxy groups -OCH3 is 1. The maximum atomic E-state index is 11.1. The highest BCUT2D eigenvalue weighted by Gasteiger charge is 2.08. The van der Waals surface area contributed by atoms with E-state index >= 15 is 0 Å². The van der Waals surface area contributed by atoms with Crippen molar-refractivity contribution in [3.05, 3.63) is 0 Å². The molecule has 0 aromatic carbocycles. The fourth-order valence-electron chi connectivity index (χ4n) is 2.42. The van der Waals surface area contributed by atoms with Gasteiger partial charge >= 0.3 is 5.97 Å². The molecular weight excluding hydrogens is 214 g/mol. The fourth-order valence-corrected chi connectivity index (χ4v) is 2.42. The zero-order valence-corrected chi connectivity index (χ0v) is 11.2. The van der Waals surface area contributed by atoms with Crippen LogP contribution in [0.15, 0.2) is 0 Å². The van der Waals surface area contributed by atoms with Gasteiger partial charge in [-0.3, -0.25) is 4.79 Å². The number of nitrogens with zero attached hydrogens (tertiary/aromatic N) is 1. The summed E-state index contributed by atoms with van der Waals surface area (Å²) in [6.45, 7) is 3.17. The lowest BCUT2D eigenvalue weighted by Crippen LogP contribution is -2.28. The second kappa shape index (κ2) is 9.46. The smallest absolute Gasteiger partial charge is 0.306 e. The standard InChI is InChI=1S/C14H27NO2/c1-17-14(16)10-13-15-11-8-6-4-2-3-5-7-9-12-15/h2-13H2,1H3. The van der Waals surface area contributed by atoms with Crippen LogP contribution < -0.4 is 0 Å². The largest absolute Gasteiger partial charge is 0.469 e. The molecule has 0 amide bonds. The van der Waals surface area contributed by atoms with Crippen LogP contribution >= 0.6 is 0 Å². The van der Waals surface area contributed by atoms with Crippen molar-refractivity contribution in [2.45, 2.75) is 57.8 Å². The Kier molecular flexibility index (Phi) is 8.06. The summed E-state index contributed by atoms with van der Waals surface area (Å²) in [7, 11) is 1.47. The van der Waals surface area contributed by atoms with E-state index in [-0.39, 0.29) is 5.97 Å². The van der Waals surface area contributed by atoms with E-state index in [4.69, 9.17) is 4.74 Å². The number of rotatable bonds is 3. The van der Waals surface area contributed by atoms with Crippen LogP contribution in [0.4, 0.5) is 0 Å². The molecule has 0 spiro atoms. The number of carbonyl (C=O) groups excluding carboxylic acids is 1. The molecule has 3 heteroatoms. The zero-order chi connectivity index (χ0) is 12.3. The summed E-state index contributed by atoms with van der Waals surface area (Å²) in [4.78, 5) is 13.6. The van der Waals surface area contributed by atoms with E-state index in [9.17, 15) is 4.79 Å². The van der Waals surface area contributed by atoms with Gasteiger partial charge in [-0.2, -0.15) is 0 Å². The minimum Gasteiger partial charge on any atom is -0.469 e. The topological polar surface area (TPSA) is 29.5 Å². The lowest BCUT2D eigenvalue weighted by molar-refractivity contribution is -0.141. The molecule has 3 nitrogen and oxygen atoms in total. The molecule has 100 valence electrons. The van der Waals surface area contributed by atoms with Crippen LogP contribution in [-0.2, 0) is 9.53 Å². The van der Waals surface area contributed by atoms with Crippen LogP contribution in [0.3, 0.4) is 0 Å². The van der Waals surface area contributed by atoms with Gasteiger partial charge in [-0.05, 0) is 25.9 Å². The van der Waals surface area contributed by atoms with Crippen LogP contribution in [-0.4, -0.2) is 37.6 Å². The van der Waals surface area contributed by atoms with E-state index in [1.807, 2.05) is 0 Å². The van der Waals surface area contributed by atoms with E-state index in [0.29, 0.717) is 6.42 Å². The molecular formula is C14H27NO2. The molecule has 1 fully saturated rings. The van der Waals surface area contributed by atoms with Crippen molar-refractivity contribution >= 4 is 5.97 Å². The Labute approximate surface area is 106 Å². The SMILES string of the molecule is COC(=O)CCN1CCCCCCCCCC1. The predicted molar refractivity (Wildman–Crippen MR) is 70.0 cm³/mol. The molecule has 1 saturated heterocycles. The molecule has 0 unspecified atom stereocenters. The third kappa shape index (κ3) is 7.37. The first-order valence-corrected chi connectivity index (χ1v) is 7.12. The van der Waals surface area contributed by atoms with Gasteiger partial charge in [-0.1, -0.05) is 38.5 Å². The Morgan fingerprint density at radius 3 is 1.88 bits per heavy atom. The predicted octanol–water partition coefficient (Wildman–Crippen LogP) is 2.99. The van der Waals surface area contributed by atoms with E-state index in [2.05, 4.69) is 4.90 Å². The Morgan fingerprint density at radius 1 is 0.941 bits per heavy atom. The van der Waals surface area contributed by atoms with E-state index in [1.54, 1.807) is 0 Å². The quantitative estimate of drug-likeness (QED) is 0.711. The van der Waals surface area contributed by atoms with Crippen molar-refractivity contribution < 1.29 is 9.53 Å². The number of ether oxygens (including phenoxy) is 1.